The molecule has 0 radical (unpaired) electrons. The van der Waals surface area contributed by atoms with Gasteiger partial charge in [-0.1, -0.05) is 42.5 Å². The minimum Gasteiger partial charge on any atom is -0.497 e. The van der Waals surface area contributed by atoms with Crippen LogP contribution in [0.5, 0.6) is 11.5 Å². The highest BCUT2D eigenvalue weighted by Crippen LogP contribution is 2.23. The number of ether oxygens (including phenoxy) is 2. The standard InChI is InChI=1S/C24H22N2O2/c1-27-22-10-7-18(8-11-22)15-25-21-13-20-9-12-23(14-24(20)26-16-21)28-17-19-5-3-2-4-6-19/h2-14,16,25H,15,17H2,1H3. The number of methoxy groups -OCH3 is 1. The summed E-state index contributed by atoms with van der Waals surface area (Å²) in [6.45, 7) is 1.28. The third-order valence-corrected chi connectivity index (χ3v) is 4.56. The highest BCUT2D eigenvalue weighted by Gasteiger charge is 2.02. The second-order valence-electron chi connectivity index (χ2n) is 6.55. The molecule has 1 heterocycles. The van der Waals surface area contributed by atoms with Crippen molar-refractivity contribution in [2.24, 2.45) is 0 Å². The summed E-state index contributed by atoms with van der Waals surface area (Å²) in [5.41, 5.74) is 4.24. The van der Waals surface area contributed by atoms with E-state index in [1.165, 1.54) is 5.56 Å². The number of hydrogen-bond donors (Lipinski definition) is 1. The summed E-state index contributed by atoms with van der Waals surface area (Å²) in [6.07, 6.45) is 1.85. The second kappa shape index (κ2) is 8.44. The molecule has 4 nitrogen and oxygen atoms in total. The predicted molar refractivity (Wildman–Crippen MR) is 113 cm³/mol. The molecule has 0 saturated carbocycles. The van der Waals surface area contributed by atoms with E-state index >= 15 is 0 Å². The number of nitrogens with one attached hydrogen (secondary N) is 1. The molecule has 0 aliphatic carbocycles. The van der Waals surface area contributed by atoms with Gasteiger partial charge in [-0.3, -0.25) is 4.98 Å². The molecule has 0 unspecified atom stereocenters. The lowest BCUT2D eigenvalue weighted by atomic mass is 10.2. The first kappa shape index (κ1) is 17.9. The fourth-order valence-corrected chi connectivity index (χ4v) is 2.98. The summed E-state index contributed by atoms with van der Waals surface area (Å²) < 4.78 is 11.1. The van der Waals surface area contributed by atoms with Crippen molar-refractivity contribution in [3.8, 4) is 11.5 Å². The van der Waals surface area contributed by atoms with E-state index in [2.05, 4.69) is 40.6 Å². The van der Waals surface area contributed by atoms with Crippen molar-refractivity contribution in [3.63, 3.8) is 0 Å². The molecule has 0 amide bonds. The molecule has 4 heteroatoms. The Morgan fingerprint density at radius 1 is 0.821 bits per heavy atom. The Kier molecular flexibility index (Phi) is 5.38. The van der Waals surface area contributed by atoms with Crippen LogP contribution in [0.1, 0.15) is 11.1 Å². The Hall–Kier alpha value is -3.53. The molecule has 1 aromatic heterocycles. The van der Waals surface area contributed by atoms with Crippen molar-refractivity contribution in [1.82, 2.24) is 4.98 Å². The number of fused-ring (bicyclic) bond motifs is 1. The van der Waals surface area contributed by atoms with E-state index in [9.17, 15) is 0 Å². The van der Waals surface area contributed by atoms with Gasteiger partial charge in [0.1, 0.15) is 18.1 Å². The summed E-state index contributed by atoms with van der Waals surface area (Å²) >= 11 is 0. The van der Waals surface area contributed by atoms with E-state index < -0.39 is 0 Å². The van der Waals surface area contributed by atoms with E-state index in [0.717, 1.165) is 40.2 Å². The highest BCUT2D eigenvalue weighted by molar-refractivity contribution is 5.82. The summed E-state index contributed by atoms with van der Waals surface area (Å²) in [5, 5.41) is 4.49. The van der Waals surface area contributed by atoms with Gasteiger partial charge < -0.3 is 14.8 Å². The number of nitrogens with zero attached hydrogens (tertiary/aromatic N) is 1. The second-order valence-corrected chi connectivity index (χ2v) is 6.55. The third-order valence-electron chi connectivity index (χ3n) is 4.56. The van der Waals surface area contributed by atoms with Gasteiger partial charge in [-0.05, 0) is 41.5 Å². The molecule has 28 heavy (non-hydrogen) atoms. The van der Waals surface area contributed by atoms with Gasteiger partial charge in [0.25, 0.3) is 0 Å². The lowest BCUT2D eigenvalue weighted by Crippen LogP contribution is -2.00. The molecule has 0 bridgehead atoms. The zero-order chi connectivity index (χ0) is 19.2. The largest absolute Gasteiger partial charge is 0.497 e. The fourth-order valence-electron chi connectivity index (χ4n) is 2.98. The number of anilines is 1. The Morgan fingerprint density at radius 3 is 2.39 bits per heavy atom. The molecule has 0 aliphatic rings. The van der Waals surface area contributed by atoms with Gasteiger partial charge >= 0.3 is 0 Å². The monoisotopic (exact) mass is 370 g/mol. The SMILES string of the molecule is COc1ccc(CNc2cnc3cc(OCc4ccccc4)ccc3c2)cc1. The number of benzene rings is 3. The van der Waals surface area contributed by atoms with E-state index in [0.29, 0.717) is 6.61 Å². The van der Waals surface area contributed by atoms with Crippen LogP contribution >= 0.6 is 0 Å². The summed E-state index contributed by atoms with van der Waals surface area (Å²) in [4.78, 5) is 4.57. The van der Waals surface area contributed by atoms with Crippen molar-refractivity contribution in [1.29, 1.82) is 0 Å². The van der Waals surface area contributed by atoms with Crippen molar-refractivity contribution >= 4 is 16.6 Å². The van der Waals surface area contributed by atoms with E-state index in [1.807, 2.05) is 54.7 Å². The molecular weight excluding hydrogens is 348 g/mol. The molecule has 1 N–H and O–H groups in total. The Bertz CT molecular complexity index is 1050. The molecule has 0 spiro atoms. The maximum atomic E-state index is 5.89. The average molecular weight is 370 g/mol. The fraction of sp³-hybridized carbons (Fsp3) is 0.125. The van der Waals surface area contributed by atoms with Gasteiger partial charge in [0.05, 0.1) is 24.5 Å². The van der Waals surface area contributed by atoms with E-state index in [1.54, 1.807) is 7.11 Å². The summed E-state index contributed by atoms with van der Waals surface area (Å²) in [5.74, 6) is 1.68. The van der Waals surface area contributed by atoms with Crippen LogP contribution in [0.15, 0.2) is 85.1 Å². The predicted octanol–water partition coefficient (Wildman–Crippen LogP) is 5.43. The minimum atomic E-state index is 0.549. The molecule has 140 valence electrons. The van der Waals surface area contributed by atoms with Crippen LogP contribution in [0.4, 0.5) is 5.69 Å². The van der Waals surface area contributed by atoms with Gasteiger partial charge in [0.15, 0.2) is 0 Å². The quantitative estimate of drug-likeness (QED) is 0.471. The maximum absolute atomic E-state index is 5.89. The van der Waals surface area contributed by atoms with Crippen LogP contribution in [0.25, 0.3) is 10.9 Å². The lowest BCUT2D eigenvalue weighted by Gasteiger charge is -2.10. The van der Waals surface area contributed by atoms with Gasteiger partial charge in [-0.25, -0.2) is 0 Å². The first-order valence-corrected chi connectivity index (χ1v) is 9.23. The summed E-state index contributed by atoms with van der Waals surface area (Å²) in [6, 6.07) is 26.3. The molecule has 4 rings (SSSR count). The van der Waals surface area contributed by atoms with Gasteiger partial charge in [0.2, 0.25) is 0 Å². The zero-order valence-corrected chi connectivity index (χ0v) is 15.8. The first-order valence-electron chi connectivity index (χ1n) is 9.23. The zero-order valence-electron chi connectivity index (χ0n) is 15.8. The van der Waals surface area contributed by atoms with Gasteiger partial charge in [-0.15, -0.1) is 0 Å². The molecule has 3 aromatic carbocycles. The number of rotatable bonds is 7. The molecule has 4 aromatic rings. The normalized spacial score (nSPS) is 10.6. The molecule has 0 atom stereocenters. The van der Waals surface area contributed by atoms with Crippen molar-refractivity contribution < 1.29 is 9.47 Å². The smallest absolute Gasteiger partial charge is 0.122 e. The van der Waals surface area contributed by atoms with Crippen LogP contribution in [-0.4, -0.2) is 12.1 Å². The Morgan fingerprint density at radius 2 is 1.61 bits per heavy atom. The number of hydrogen-bond acceptors (Lipinski definition) is 4. The number of aromatic nitrogens is 1. The summed E-state index contributed by atoms with van der Waals surface area (Å²) in [7, 11) is 1.67. The lowest BCUT2D eigenvalue weighted by molar-refractivity contribution is 0.306. The Balaban J connectivity index is 1.41. The molecule has 0 fully saturated rings. The van der Waals surface area contributed by atoms with Crippen molar-refractivity contribution in [2.75, 3.05) is 12.4 Å². The minimum absolute atomic E-state index is 0.549. The first-order chi connectivity index (χ1) is 13.8. The van der Waals surface area contributed by atoms with E-state index in [-0.39, 0.29) is 0 Å². The Labute approximate surface area is 164 Å². The van der Waals surface area contributed by atoms with Crippen LogP contribution in [0, 0.1) is 0 Å². The van der Waals surface area contributed by atoms with Crippen molar-refractivity contribution in [2.45, 2.75) is 13.2 Å². The van der Waals surface area contributed by atoms with E-state index in [4.69, 9.17) is 9.47 Å². The average Bonchev–Trinajstić information content (AvgIpc) is 2.77. The highest BCUT2D eigenvalue weighted by atomic mass is 16.5. The molecule has 0 aliphatic heterocycles. The maximum Gasteiger partial charge on any atom is 0.122 e. The van der Waals surface area contributed by atoms with Crippen LogP contribution < -0.4 is 14.8 Å². The topological polar surface area (TPSA) is 43.4 Å². The molecular formula is C24H22N2O2. The van der Waals surface area contributed by atoms with Crippen LogP contribution in [0.2, 0.25) is 0 Å². The van der Waals surface area contributed by atoms with Gasteiger partial charge in [0, 0.05) is 18.0 Å². The van der Waals surface area contributed by atoms with Crippen LogP contribution in [-0.2, 0) is 13.2 Å². The third kappa shape index (κ3) is 4.41. The number of pyridine rings is 1. The van der Waals surface area contributed by atoms with Gasteiger partial charge in [-0.2, -0.15) is 0 Å². The molecule has 0 saturated heterocycles. The van der Waals surface area contributed by atoms with Crippen molar-refractivity contribution in [3.05, 3.63) is 96.2 Å². The van der Waals surface area contributed by atoms with Crippen LogP contribution in [0.3, 0.4) is 0 Å².